The van der Waals surface area contributed by atoms with E-state index in [-0.39, 0.29) is 30.0 Å². The molecular weight excluding hydrogens is 319 g/mol. The lowest BCUT2D eigenvalue weighted by Crippen LogP contribution is -2.29. The van der Waals surface area contributed by atoms with Crippen LogP contribution in [0, 0.1) is 5.82 Å². The highest BCUT2D eigenvalue weighted by Crippen LogP contribution is 2.23. The number of carbonyl (C=O) groups is 2. The molecule has 0 radical (unpaired) electrons. The van der Waals surface area contributed by atoms with E-state index in [4.69, 9.17) is 0 Å². The number of rotatable bonds is 7. The van der Waals surface area contributed by atoms with E-state index in [1.54, 1.807) is 12.1 Å². The van der Waals surface area contributed by atoms with Gasteiger partial charge in [0.15, 0.2) is 0 Å². The van der Waals surface area contributed by atoms with Gasteiger partial charge in [-0.2, -0.15) is 0 Å². The van der Waals surface area contributed by atoms with Gasteiger partial charge in [0.25, 0.3) is 0 Å². The van der Waals surface area contributed by atoms with E-state index in [9.17, 15) is 14.0 Å². The third kappa shape index (κ3) is 6.03. The first kappa shape index (κ1) is 18.6. The number of benzene rings is 2. The average Bonchev–Trinajstić information content (AvgIpc) is 2.57. The smallest absolute Gasteiger partial charge is 0.233 e. The SMILES string of the molecule is CC(C)c1ccccc1NC(=O)CC(=O)NCCc1ccc(F)cc1. The first-order valence-corrected chi connectivity index (χ1v) is 8.35. The van der Waals surface area contributed by atoms with E-state index in [2.05, 4.69) is 10.6 Å². The fraction of sp³-hybridized carbons (Fsp3) is 0.300. The van der Waals surface area contributed by atoms with E-state index in [1.165, 1.54) is 12.1 Å². The van der Waals surface area contributed by atoms with Crippen LogP contribution in [0.1, 0.15) is 37.3 Å². The Morgan fingerprint density at radius 1 is 1.00 bits per heavy atom. The van der Waals surface area contributed by atoms with Crippen molar-refractivity contribution in [2.75, 3.05) is 11.9 Å². The van der Waals surface area contributed by atoms with Gasteiger partial charge >= 0.3 is 0 Å². The van der Waals surface area contributed by atoms with Crippen LogP contribution in [0.25, 0.3) is 0 Å². The lowest BCUT2D eigenvalue weighted by molar-refractivity contribution is -0.126. The molecule has 2 rings (SSSR count). The number of nitrogens with one attached hydrogen (secondary N) is 2. The molecule has 0 aliphatic heterocycles. The van der Waals surface area contributed by atoms with Gasteiger partial charge < -0.3 is 10.6 Å². The summed E-state index contributed by atoms with van der Waals surface area (Å²) in [5, 5.41) is 5.50. The van der Waals surface area contributed by atoms with Gasteiger partial charge in [0.2, 0.25) is 11.8 Å². The summed E-state index contributed by atoms with van der Waals surface area (Å²) in [7, 11) is 0. The highest BCUT2D eigenvalue weighted by Gasteiger charge is 2.12. The lowest BCUT2D eigenvalue weighted by atomic mass is 10.0. The molecule has 0 aromatic heterocycles. The molecule has 0 atom stereocenters. The zero-order valence-corrected chi connectivity index (χ0v) is 14.5. The number of anilines is 1. The Morgan fingerprint density at radius 2 is 1.68 bits per heavy atom. The predicted octanol–water partition coefficient (Wildman–Crippen LogP) is 3.64. The van der Waals surface area contributed by atoms with Crippen LogP contribution in [0.4, 0.5) is 10.1 Å². The molecule has 2 aromatic rings. The molecule has 5 heteroatoms. The molecule has 2 amide bonds. The molecule has 0 aliphatic carbocycles. The number of carbonyl (C=O) groups excluding carboxylic acids is 2. The van der Waals surface area contributed by atoms with Crippen molar-refractivity contribution in [1.82, 2.24) is 5.32 Å². The van der Waals surface area contributed by atoms with Crippen LogP contribution in [0.15, 0.2) is 48.5 Å². The molecule has 4 nitrogen and oxygen atoms in total. The molecule has 132 valence electrons. The first-order valence-electron chi connectivity index (χ1n) is 8.35. The average molecular weight is 342 g/mol. The fourth-order valence-corrected chi connectivity index (χ4v) is 2.51. The molecule has 0 saturated carbocycles. The van der Waals surface area contributed by atoms with Crippen molar-refractivity contribution in [3.05, 3.63) is 65.5 Å². The number of para-hydroxylation sites is 1. The van der Waals surface area contributed by atoms with Gasteiger partial charge in [0.05, 0.1) is 0 Å². The van der Waals surface area contributed by atoms with Gasteiger partial charge in [-0.05, 0) is 41.7 Å². The van der Waals surface area contributed by atoms with E-state index >= 15 is 0 Å². The zero-order chi connectivity index (χ0) is 18.2. The minimum Gasteiger partial charge on any atom is -0.355 e. The Labute approximate surface area is 147 Å². The number of hydrogen-bond donors (Lipinski definition) is 2. The Kier molecular flexibility index (Phi) is 6.69. The maximum absolute atomic E-state index is 12.8. The summed E-state index contributed by atoms with van der Waals surface area (Å²) in [5.41, 5.74) is 2.70. The van der Waals surface area contributed by atoms with Gasteiger partial charge in [-0.15, -0.1) is 0 Å². The molecular formula is C20H23FN2O2. The Hall–Kier alpha value is -2.69. The van der Waals surface area contributed by atoms with Gasteiger partial charge in [0.1, 0.15) is 12.2 Å². The van der Waals surface area contributed by atoms with Crippen molar-refractivity contribution in [2.24, 2.45) is 0 Å². The van der Waals surface area contributed by atoms with Crippen LogP contribution in [0.3, 0.4) is 0 Å². The molecule has 0 spiro atoms. The second kappa shape index (κ2) is 8.97. The predicted molar refractivity (Wildman–Crippen MR) is 96.9 cm³/mol. The van der Waals surface area contributed by atoms with Crippen LogP contribution in [-0.2, 0) is 16.0 Å². The van der Waals surface area contributed by atoms with Crippen molar-refractivity contribution in [3.63, 3.8) is 0 Å². The standard InChI is InChI=1S/C20H23FN2O2/c1-14(2)17-5-3-4-6-18(17)23-20(25)13-19(24)22-12-11-15-7-9-16(21)10-8-15/h3-10,14H,11-13H2,1-2H3,(H,22,24)(H,23,25). The largest absolute Gasteiger partial charge is 0.355 e. The monoisotopic (exact) mass is 342 g/mol. The van der Waals surface area contributed by atoms with Crippen LogP contribution in [-0.4, -0.2) is 18.4 Å². The fourth-order valence-electron chi connectivity index (χ4n) is 2.51. The quantitative estimate of drug-likeness (QED) is 0.755. The summed E-state index contributed by atoms with van der Waals surface area (Å²) in [6.45, 7) is 4.50. The molecule has 2 aromatic carbocycles. The summed E-state index contributed by atoms with van der Waals surface area (Å²) in [4.78, 5) is 23.9. The molecule has 2 N–H and O–H groups in total. The Bertz CT molecular complexity index is 727. The number of amides is 2. The molecule has 0 aliphatic rings. The van der Waals surface area contributed by atoms with Gasteiger partial charge in [-0.1, -0.05) is 44.2 Å². The molecule has 0 saturated heterocycles. The van der Waals surface area contributed by atoms with E-state index in [1.807, 2.05) is 38.1 Å². The number of hydrogen-bond acceptors (Lipinski definition) is 2. The maximum atomic E-state index is 12.8. The maximum Gasteiger partial charge on any atom is 0.233 e. The highest BCUT2D eigenvalue weighted by atomic mass is 19.1. The third-order valence-electron chi connectivity index (χ3n) is 3.83. The minimum absolute atomic E-state index is 0.226. The van der Waals surface area contributed by atoms with Gasteiger partial charge in [-0.3, -0.25) is 9.59 Å². The van der Waals surface area contributed by atoms with Crippen LogP contribution >= 0.6 is 0 Å². The second-order valence-electron chi connectivity index (χ2n) is 6.19. The minimum atomic E-state index is -0.340. The normalized spacial score (nSPS) is 10.6. The molecule has 0 bridgehead atoms. The van der Waals surface area contributed by atoms with Crippen molar-refractivity contribution in [3.8, 4) is 0 Å². The first-order chi connectivity index (χ1) is 12.0. The Balaban J connectivity index is 1.78. The molecule has 25 heavy (non-hydrogen) atoms. The van der Waals surface area contributed by atoms with Gasteiger partial charge in [-0.25, -0.2) is 4.39 Å². The molecule has 0 unspecified atom stereocenters. The van der Waals surface area contributed by atoms with Crippen molar-refractivity contribution < 1.29 is 14.0 Å². The van der Waals surface area contributed by atoms with Crippen LogP contribution in [0.2, 0.25) is 0 Å². The second-order valence-corrected chi connectivity index (χ2v) is 6.19. The summed E-state index contributed by atoms with van der Waals surface area (Å²) < 4.78 is 12.8. The van der Waals surface area contributed by atoms with Crippen LogP contribution < -0.4 is 10.6 Å². The van der Waals surface area contributed by atoms with Crippen LogP contribution in [0.5, 0.6) is 0 Å². The molecule has 0 heterocycles. The van der Waals surface area contributed by atoms with Gasteiger partial charge in [0, 0.05) is 12.2 Å². The summed E-state index contributed by atoms with van der Waals surface area (Å²) in [6, 6.07) is 13.7. The topological polar surface area (TPSA) is 58.2 Å². The summed E-state index contributed by atoms with van der Waals surface area (Å²) in [5.74, 6) is -0.679. The Morgan fingerprint density at radius 3 is 2.36 bits per heavy atom. The van der Waals surface area contributed by atoms with Crippen molar-refractivity contribution in [1.29, 1.82) is 0 Å². The summed E-state index contributed by atoms with van der Waals surface area (Å²) >= 11 is 0. The third-order valence-corrected chi connectivity index (χ3v) is 3.83. The van der Waals surface area contributed by atoms with Crippen molar-refractivity contribution >= 4 is 17.5 Å². The zero-order valence-electron chi connectivity index (χ0n) is 14.5. The molecule has 0 fully saturated rings. The highest BCUT2D eigenvalue weighted by molar-refractivity contribution is 6.03. The lowest BCUT2D eigenvalue weighted by Gasteiger charge is -2.13. The van der Waals surface area contributed by atoms with E-state index < -0.39 is 0 Å². The number of halogens is 1. The van der Waals surface area contributed by atoms with Crippen molar-refractivity contribution in [2.45, 2.75) is 32.6 Å². The van der Waals surface area contributed by atoms with E-state index in [0.29, 0.717) is 13.0 Å². The van der Waals surface area contributed by atoms with E-state index in [0.717, 1.165) is 16.8 Å². The summed E-state index contributed by atoms with van der Waals surface area (Å²) in [6.07, 6.45) is 0.361.